The van der Waals surface area contributed by atoms with Gasteiger partial charge >= 0.3 is 11.9 Å². The van der Waals surface area contributed by atoms with Crippen molar-refractivity contribution < 1.29 is 24.2 Å². The number of ether oxygens (including phenoxy) is 1. The molecule has 0 aliphatic heterocycles. The van der Waals surface area contributed by atoms with Crippen LogP contribution in [-0.4, -0.2) is 35.6 Å². The lowest BCUT2D eigenvalue weighted by Crippen LogP contribution is -2.67. The Bertz CT molecular complexity index is 1130. The van der Waals surface area contributed by atoms with E-state index in [1.165, 1.54) is 25.7 Å². The largest absolute Gasteiger partial charge is 0.480 e. The number of fused-ring (bicyclic) bond motifs is 7. The van der Waals surface area contributed by atoms with Crippen molar-refractivity contribution in [2.45, 2.75) is 132 Å². The predicted octanol–water partition coefficient (Wildman–Crippen LogP) is 7.25. The fourth-order valence-corrected chi connectivity index (χ4v) is 12.9. The Hall–Kier alpha value is -1.59. The zero-order chi connectivity index (χ0) is 30.5. The molecule has 6 aliphatic rings. The number of carboxylic acids is 1. The first-order valence-corrected chi connectivity index (χ1v) is 17.3. The van der Waals surface area contributed by atoms with Crippen molar-refractivity contribution in [1.29, 1.82) is 0 Å². The van der Waals surface area contributed by atoms with Gasteiger partial charge in [0.15, 0.2) is 0 Å². The zero-order valence-electron chi connectivity index (χ0n) is 27.4. The highest BCUT2D eigenvalue weighted by molar-refractivity contribution is 5.86. The zero-order valence-corrected chi connectivity index (χ0v) is 27.4. The van der Waals surface area contributed by atoms with E-state index in [9.17, 15) is 19.5 Å². The van der Waals surface area contributed by atoms with Gasteiger partial charge in [-0.15, -0.1) is 0 Å². The van der Waals surface area contributed by atoms with Crippen LogP contribution in [0.15, 0.2) is 0 Å². The molecular weight excluding hydrogens is 526 g/mol. The number of amides is 1. The van der Waals surface area contributed by atoms with E-state index in [1.807, 2.05) is 0 Å². The summed E-state index contributed by atoms with van der Waals surface area (Å²) in [4.78, 5) is 38.0. The molecule has 6 fully saturated rings. The number of carboxylic acid groups (broad SMARTS) is 1. The van der Waals surface area contributed by atoms with Gasteiger partial charge < -0.3 is 15.2 Å². The number of carbonyl (C=O) groups is 3. The van der Waals surface area contributed by atoms with Crippen LogP contribution in [0.3, 0.4) is 0 Å². The molecule has 0 unspecified atom stereocenters. The molecule has 6 rings (SSSR count). The molecule has 6 nitrogen and oxygen atoms in total. The van der Waals surface area contributed by atoms with Gasteiger partial charge in [-0.2, -0.15) is 0 Å². The summed E-state index contributed by atoms with van der Waals surface area (Å²) >= 11 is 0. The maximum absolute atomic E-state index is 13.9. The number of hydrogen-bond acceptors (Lipinski definition) is 4. The molecule has 42 heavy (non-hydrogen) atoms. The van der Waals surface area contributed by atoms with Gasteiger partial charge in [0.2, 0.25) is 5.91 Å². The third-order valence-electron chi connectivity index (χ3n) is 15.3. The second kappa shape index (κ2) is 9.96. The summed E-state index contributed by atoms with van der Waals surface area (Å²) in [5.74, 6) is 2.22. The van der Waals surface area contributed by atoms with Crippen molar-refractivity contribution in [1.82, 2.24) is 5.32 Å². The molecule has 2 N–H and O–H groups in total. The number of carbonyl (C=O) groups excluding carboxylic acids is 2. The minimum atomic E-state index is -0.965. The Balaban J connectivity index is 1.30. The smallest absolute Gasteiger partial charge is 0.322 e. The molecule has 0 aromatic heterocycles. The maximum Gasteiger partial charge on any atom is 0.322 e. The fourth-order valence-electron chi connectivity index (χ4n) is 12.9. The lowest BCUT2D eigenvalue weighted by Gasteiger charge is -2.73. The fraction of sp³-hybridized carbons (Fsp3) is 0.917. The number of esters is 1. The van der Waals surface area contributed by atoms with Gasteiger partial charge in [-0.05, 0) is 129 Å². The summed E-state index contributed by atoms with van der Waals surface area (Å²) in [7, 11) is 0. The SMILES string of the molecule is CC(C)[C@@H]1CC[C@]2(C(=O)NCC(=O)O)CC[C@]3(C)[C@H](CC[C@@H]4[C@@]5(C)CC[C@@H](OC(=O)C6CC6)C(C)(C)[C@@H]5CC[C@]43C)[C@@H]12. The molecule has 6 heteroatoms. The van der Waals surface area contributed by atoms with Crippen molar-refractivity contribution in [3.05, 3.63) is 0 Å². The standard InChI is InChI=1S/C36H57NO5/c1-21(2)23-12-17-36(31(41)37-20-28(38)39)19-18-34(6)24(29(23)36)10-11-26-33(5)15-14-27(42-30(40)22-8-9-22)32(3,4)25(33)13-16-35(26,34)7/h21-27,29H,8-20H2,1-7H3,(H,37,41)(H,38,39)/t23-,24+,25-,26+,27+,29+,33-,34+,35+,36-/m0/s1. The molecule has 0 aromatic rings. The van der Waals surface area contributed by atoms with Gasteiger partial charge in [0.05, 0.1) is 11.3 Å². The third kappa shape index (κ3) is 4.18. The molecule has 1 amide bonds. The van der Waals surface area contributed by atoms with Crippen LogP contribution in [0.25, 0.3) is 0 Å². The van der Waals surface area contributed by atoms with Crippen molar-refractivity contribution in [3.63, 3.8) is 0 Å². The molecule has 236 valence electrons. The van der Waals surface area contributed by atoms with Crippen molar-refractivity contribution in [2.24, 2.45) is 68.5 Å². The molecular formula is C36H57NO5. The Labute approximate surface area is 253 Å². The lowest BCUT2D eigenvalue weighted by molar-refractivity contribution is -0.250. The van der Waals surface area contributed by atoms with Crippen molar-refractivity contribution in [3.8, 4) is 0 Å². The van der Waals surface area contributed by atoms with Crippen LogP contribution in [0.2, 0.25) is 0 Å². The van der Waals surface area contributed by atoms with Crippen LogP contribution >= 0.6 is 0 Å². The van der Waals surface area contributed by atoms with Crippen molar-refractivity contribution in [2.75, 3.05) is 6.54 Å². The first-order chi connectivity index (χ1) is 19.6. The number of rotatable bonds is 6. The van der Waals surface area contributed by atoms with Gasteiger partial charge in [0.25, 0.3) is 0 Å². The van der Waals surface area contributed by atoms with E-state index in [-0.39, 0.29) is 52.1 Å². The van der Waals surface area contributed by atoms with Crippen LogP contribution in [0.5, 0.6) is 0 Å². The Morgan fingerprint density at radius 3 is 2.17 bits per heavy atom. The van der Waals surface area contributed by atoms with E-state index < -0.39 is 11.4 Å². The monoisotopic (exact) mass is 583 g/mol. The van der Waals surface area contributed by atoms with Crippen LogP contribution in [0.4, 0.5) is 0 Å². The quantitative estimate of drug-likeness (QED) is 0.321. The van der Waals surface area contributed by atoms with E-state index >= 15 is 0 Å². The minimum absolute atomic E-state index is 0.00358. The normalized spacial score (nSPS) is 47.4. The summed E-state index contributed by atoms with van der Waals surface area (Å²) in [6.07, 6.45) is 12.8. The third-order valence-corrected chi connectivity index (χ3v) is 15.3. The number of aliphatic carboxylic acids is 1. The predicted molar refractivity (Wildman–Crippen MR) is 162 cm³/mol. The Morgan fingerprint density at radius 2 is 1.52 bits per heavy atom. The number of nitrogens with one attached hydrogen (secondary N) is 1. The first-order valence-electron chi connectivity index (χ1n) is 17.3. The van der Waals surface area contributed by atoms with Gasteiger partial charge in [-0.3, -0.25) is 14.4 Å². The second-order valence-corrected chi connectivity index (χ2v) is 17.4. The summed E-state index contributed by atoms with van der Waals surface area (Å²) in [6, 6.07) is 0. The van der Waals surface area contributed by atoms with Crippen molar-refractivity contribution >= 4 is 17.8 Å². The molecule has 0 aromatic carbocycles. The highest BCUT2D eigenvalue weighted by Crippen LogP contribution is 2.77. The molecule has 6 saturated carbocycles. The average Bonchev–Trinajstić information content (AvgIpc) is 3.69. The highest BCUT2D eigenvalue weighted by atomic mass is 16.5. The molecule has 6 aliphatic carbocycles. The van der Waals surface area contributed by atoms with E-state index in [0.717, 1.165) is 51.4 Å². The van der Waals surface area contributed by atoms with E-state index in [1.54, 1.807) is 0 Å². The topological polar surface area (TPSA) is 92.7 Å². The van der Waals surface area contributed by atoms with Gasteiger partial charge in [-0.25, -0.2) is 0 Å². The van der Waals surface area contributed by atoms with Crippen LogP contribution in [-0.2, 0) is 19.1 Å². The molecule has 10 atom stereocenters. The Morgan fingerprint density at radius 1 is 0.810 bits per heavy atom. The molecule has 0 saturated heterocycles. The first kappa shape index (κ1) is 30.4. The van der Waals surface area contributed by atoms with E-state index in [2.05, 4.69) is 53.8 Å². The van der Waals surface area contributed by atoms with Crippen LogP contribution in [0.1, 0.15) is 126 Å². The minimum Gasteiger partial charge on any atom is -0.480 e. The van der Waals surface area contributed by atoms with Crippen LogP contribution < -0.4 is 5.32 Å². The van der Waals surface area contributed by atoms with E-state index in [4.69, 9.17) is 4.74 Å². The lowest BCUT2D eigenvalue weighted by atomic mass is 9.32. The molecule has 0 bridgehead atoms. The average molecular weight is 584 g/mol. The highest BCUT2D eigenvalue weighted by Gasteiger charge is 2.72. The summed E-state index contributed by atoms with van der Waals surface area (Å²) in [5, 5.41) is 12.2. The molecule has 0 radical (unpaired) electrons. The van der Waals surface area contributed by atoms with E-state index in [0.29, 0.717) is 35.5 Å². The summed E-state index contributed by atoms with van der Waals surface area (Å²) in [6.45, 7) is 16.9. The van der Waals surface area contributed by atoms with Gasteiger partial charge in [-0.1, -0.05) is 48.5 Å². The summed E-state index contributed by atoms with van der Waals surface area (Å²) in [5.41, 5.74) is 0.108. The maximum atomic E-state index is 13.9. The second-order valence-electron chi connectivity index (χ2n) is 17.4. The van der Waals surface area contributed by atoms with Gasteiger partial charge in [0.1, 0.15) is 12.6 Å². The van der Waals surface area contributed by atoms with Crippen LogP contribution in [0, 0.1) is 68.5 Å². The number of hydrogen-bond donors (Lipinski definition) is 2. The molecule has 0 spiro atoms. The Kier molecular flexibility index (Phi) is 7.22. The summed E-state index contributed by atoms with van der Waals surface area (Å²) < 4.78 is 6.23. The molecule has 0 heterocycles. The van der Waals surface area contributed by atoms with Gasteiger partial charge in [0, 0.05) is 5.41 Å².